The standard InChI is InChI=1S/C16H32N4O/c1-5-8-16(4)9-7-12-20(13-16)15(17-6-2)19-11-10-18-14(3)21/h5-13H2,1-4H3,(H,17,19)(H,18,21). The number of hydrogen-bond acceptors (Lipinski definition) is 2. The van der Waals surface area contributed by atoms with Crippen molar-refractivity contribution in [1.29, 1.82) is 0 Å². The Hall–Kier alpha value is -1.26. The quantitative estimate of drug-likeness (QED) is 0.448. The lowest BCUT2D eigenvalue weighted by Gasteiger charge is -2.42. The molecule has 1 unspecified atom stereocenters. The number of likely N-dealkylation sites (tertiary alicyclic amines) is 1. The van der Waals surface area contributed by atoms with Crippen molar-refractivity contribution in [3.63, 3.8) is 0 Å². The van der Waals surface area contributed by atoms with Crippen molar-refractivity contribution in [2.45, 2.75) is 53.4 Å². The molecule has 1 fully saturated rings. The van der Waals surface area contributed by atoms with E-state index in [0.29, 0.717) is 18.5 Å². The normalized spacial score (nSPS) is 23.0. The third-order valence-corrected chi connectivity index (χ3v) is 4.02. The first-order valence-corrected chi connectivity index (χ1v) is 8.28. The zero-order valence-corrected chi connectivity index (χ0v) is 14.2. The fraction of sp³-hybridized carbons (Fsp3) is 0.875. The van der Waals surface area contributed by atoms with Crippen LogP contribution < -0.4 is 10.6 Å². The summed E-state index contributed by atoms with van der Waals surface area (Å²) in [7, 11) is 0. The molecule has 21 heavy (non-hydrogen) atoms. The Kier molecular flexibility index (Phi) is 7.54. The highest BCUT2D eigenvalue weighted by Gasteiger charge is 2.31. The summed E-state index contributed by atoms with van der Waals surface area (Å²) in [5.74, 6) is 0.994. The number of nitrogens with zero attached hydrogens (tertiary/aromatic N) is 2. The second-order valence-corrected chi connectivity index (χ2v) is 6.30. The van der Waals surface area contributed by atoms with E-state index in [9.17, 15) is 4.79 Å². The number of guanidine groups is 1. The molecule has 1 atom stereocenters. The number of hydrogen-bond donors (Lipinski definition) is 2. The molecular weight excluding hydrogens is 264 g/mol. The number of carbonyl (C=O) groups is 1. The third kappa shape index (κ3) is 6.36. The molecule has 0 radical (unpaired) electrons. The van der Waals surface area contributed by atoms with E-state index in [4.69, 9.17) is 0 Å². The molecule has 0 saturated carbocycles. The number of nitrogens with one attached hydrogen (secondary N) is 2. The maximum Gasteiger partial charge on any atom is 0.216 e. The highest BCUT2D eigenvalue weighted by atomic mass is 16.1. The van der Waals surface area contributed by atoms with Gasteiger partial charge in [-0.05, 0) is 31.6 Å². The Morgan fingerprint density at radius 1 is 1.33 bits per heavy atom. The summed E-state index contributed by atoms with van der Waals surface area (Å²) in [6.07, 6.45) is 5.05. The second-order valence-electron chi connectivity index (χ2n) is 6.30. The van der Waals surface area contributed by atoms with Gasteiger partial charge in [0.2, 0.25) is 5.91 Å². The molecule has 0 spiro atoms. The molecule has 0 aliphatic carbocycles. The summed E-state index contributed by atoms with van der Waals surface area (Å²) >= 11 is 0. The summed E-state index contributed by atoms with van der Waals surface area (Å²) in [4.78, 5) is 17.9. The highest BCUT2D eigenvalue weighted by Crippen LogP contribution is 2.33. The van der Waals surface area contributed by atoms with E-state index >= 15 is 0 Å². The molecule has 5 nitrogen and oxygen atoms in total. The average Bonchev–Trinajstić information content (AvgIpc) is 2.42. The van der Waals surface area contributed by atoms with Crippen LogP contribution in [0.2, 0.25) is 0 Å². The number of amides is 1. The van der Waals surface area contributed by atoms with Crippen LogP contribution in [0, 0.1) is 5.41 Å². The average molecular weight is 296 g/mol. The summed E-state index contributed by atoms with van der Waals surface area (Å²) in [5.41, 5.74) is 0.404. The molecule has 0 aromatic carbocycles. The van der Waals surface area contributed by atoms with Crippen molar-refractivity contribution in [3.05, 3.63) is 0 Å². The maximum absolute atomic E-state index is 10.9. The predicted molar refractivity (Wildman–Crippen MR) is 88.5 cm³/mol. The predicted octanol–water partition coefficient (Wildman–Crippen LogP) is 1.99. The molecule has 0 aromatic rings. The van der Waals surface area contributed by atoms with Gasteiger partial charge in [0.15, 0.2) is 5.96 Å². The van der Waals surface area contributed by atoms with Crippen LogP contribution in [0.5, 0.6) is 0 Å². The van der Waals surface area contributed by atoms with Gasteiger partial charge in [-0.25, -0.2) is 0 Å². The van der Waals surface area contributed by atoms with Crippen molar-refractivity contribution in [2.24, 2.45) is 10.4 Å². The molecular formula is C16H32N4O. The number of piperidine rings is 1. The molecule has 1 amide bonds. The van der Waals surface area contributed by atoms with Crippen LogP contribution in [0.15, 0.2) is 4.99 Å². The van der Waals surface area contributed by atoms with Gasteiger partial charge in [-0.3, -0.25) is 9.79 Å². The lowest BCUT2D eigenvalue weighted by Crippen LogP contribution is -2.50. The van der Waals surface area contributed by atoms with Crippen molar-refractivity contribution in [2.75, 3.05) is 32.7 Å². The van der Waals surface area contributed by atoms with Gasteiger partial charge >= 0.3 is 0 Å². The smallest absolute Gasteiger partial charge is 0.216 e. The Morgan fingerprint density at radius 3 is 2.71 bits per heavy atom. The first-order valence-electron chi connectivity index (χ1n) is 8.28. The summed E-state index contributed by atoms with van der Waals surface area (Å²) in [6.45, 7) is 12.5. The van der Waals surface area contributed by atoms with Gasteiger partial charge in [0.05, 0.1) is 6.54 Å². The zero-order chi connectivity index (χ0) is 15.7. The maximum atomic E-state index is 10.9. The Balaban J connectivity index is 2.61. The van der Waals surface area contributed by atoms with Crippen molar-refractivity contribution < 1.29 is 4.79 Å². The fourth-order valence-electron chi connectivity index (χ4n) is 3.12. The molecule has 0 aromatic heterocycles. The van der Waals surface area contributed by atoms with Crippen LogP contribution in [0.4, 0.5) is 0 Å². The van der Waals surface area contributed by atoms with E-state index in [1.165, 1.54) is 32.6 Å². The van der Waals surface area contributed by atoms with Gasteiger partial charge in [-0.15, -0.1) is 0 Å². The minimum Gasteiger partial charge on any atom is -0.357 e. The van der Waals surface area contributed by atoms with Gasteiger partial charge in [0.1, 0.15) is 0 Å². The number of carbonyl (C=O) groups excluding carboxylic acids is 1. The third-order valence-electron chi connectivity index (χ3n) is 4.02. The van der Waals surface area contributed by atoms with Crippen LogP contribution in [0.3, 0.4) is 0 Å². The SMILES string of the molecule is CCCC1(C)CCCN(C(=NCCNC(C)=O)NCC)C1. The van der Waals surface area contributed by atoms with Crippen molar-refractivity contribution in [3.8, 4) is 0 Å². The molecule has 122 valence electrons. The summed E-state index contributed by atoms with van der Waals surface area (Å²) < 4.78 is 0. The highest BCUT2D eigenvalue weighted by molar-refractivity contribution is 5.80. The van der Waals surface area contributed by atoms with Gasteiger partial charge in [0.25, 0.3) is 0 Å². The minimum atomic E-state index is 0.00342. The zero-order valence-electron chi connectivity index (χ0n) is 14.2. The van der Waals surface area contributed by atoms with E-state index in [-0.39, 0.29) is 5.91 Å². The second kappa shape index (κ2) is 8.90. The molecule has 0 bridgehead atoms. The van der Waals surface area contributed by atoms with Crippen molar-refractivity contribution >= 4 is 11.9 Å². The topological polar surface area (TPSA) is 56.7 Å². The molecule has 5 heteroatoms. The van der Waals surface area contributed by atoms with E-state index in [0.717, 1.165) is 25.6 Å². The molecule has 1 heterocycles. The first kappa shape index (κ1) is 17.8. The van der Waals surface area contributed by atoms with Crippen LogP contribution in [-0.2, 0) is 4.79 Å². The molecule has 1 saturated heterocycles. The summed E-state index contributed by atoms with van der Waals surface area (Å²) in [6, 6.07) is 0. The monoisotopic (exact) mass is 296 g/mol. The van der Waals surface area contributed by atoms with Gasteiger partial charge in [-0.2, -0.15) is 0 Å². The van der Waals surface area contributed by atoms with Crippen LogP contribution >= 0.6 is 0 Å². The van der Waals surface area contributed by atoms with Gasteiger partial charge < -0.3 is 15.5 Å². The van der Waals surface area contributed by atoms with Gasteiger partial charge in [0, 0.05) is 33.1 Å². The number of rotatable bonds is 6. The number of aliphatic imine (C=N–C) groups is 1. The molecule has 1 aliphatic rings. The molecule has 1 rings (SSSR count). The van der Waals surface area contributed by atoms with Gasteiger partial charge in [-0.1, -0.05) is 20.3 Å². The van der Waals surface area contributed by atoms with E-state index in [2.05, 4.69) is 41.3 Å². The van der Waals surface area contributed by atoms with Crippen LogP contribution in [0.25, 0.3) is 0 Å². The first-order chi connectivity index (χ1) is 10.0. The van der Waals surface area contributed by atoms with Crippen molar-refractivity contribution in [1.82, 2.24) is 15.5 Å². The Bertz CT molecular complexity index is 352. The summed E-state index contributed by atoms with van der Waals surface area (Å²) in [5, 5.41) is 6.17. The molecule has 1 aliphatic heterocycles. The fourth-order valence-corrected chi connectivity index (χ4v) is 3.12. The Labute approximate surface area is 129 Å². The largest absolute Gasteiger partial charge is 0.357 e. The van der Waals surface area contributed by atoms with E-state index in [1.807, 2.05) is 0 Å². The Morgan fingerprint density at radius 2 is 2.10 bits per heavy atom. The van der Waals surface area contributed by atoms with E-state index in [1.54, 1.807) is 0 Å². The van der Waals surface area contributed by atoms with Crippen LogP contribution in [-0.4, -0.2) is 49.5 Å². The lowest BCUT2D eigenvalue weighted by atomic mass is 9.78. The van der Waals surface area contributed by atoms with Crippen LogP contribution in [0.1, 0.15) is 53.4 Å². The lowest BCUT2D eigenvalue weighted by molar-refractivity contribution is -0.118. The molecule has 2 N–H and O–H groups in total. The minimum absolute atomic E-state index is 0.00342. The van der Waals surface area contributed by atoms with E-state index < -0.39 is 0 Å².